The Morgan fingerprint density at radius 2 is 1.96 bits per heavy atom. The monoisotopic (exact) mass is 386 g/mol. The van der Waals surface area contributed by atoms with E-state index in [4.69, 9.17) is 0 Å². The van der Waals surface area contributed by atoms with Crippen LogP contribution in [0.5, 0.6) is 23.3 Å². The van der Waals surface area contributed by atoms with Gasteiger partial charge in [-0.05, 0) is 18.6 Å². The lowest BCUT2D eigenvalue weighted by Crippen LogP contribution is -2.26. The Balaban J connectivity index is 1.59. The van der Waals surface area contributed by atoms with Crippen molar-refractivity contribution >= 4 is 17.5 Å². The van der Waals surface area contributed by atoms with E-state index in [2.05, 4.69) is 25.6 Å². The number of imidazole rings is 1. The van der Waals surface area contributed by atoms with E-state index < -0.39 is 11.8 Å². The number of aromatic hydroxyl groups is 4. The van der Waals surface area contributed by atoms with Crippen LogP contribution in [0.1, 0.15) is 16.9 Å². The molecule has 0 radical (unpaired) electrons. The summed E-state index contributed by atoms with van der Waals surface area (Å²) in [4.78, 5) is 23.7. The molecule has 0 atom stereocenters. The number of benzene rings is 1. The number of aryl methyl sites for hydroxylation is 1. The number of nitrogens with zero attached hydrogens (tertiary/aromatic N) is 4. The molecule has 2 heterocycles. The molecule has 0 saturated carbocycles. The van der Waals surface area contributed by atoms with Gasteiger partial charge >= 0.3 is 0 Å². The van der Waals surface area contributed by atoms with Crippen LogP contribution in [0, 0.1) is 0 Å². The summed E-state index contributed by atoms with van der Waals surface area (Å²) in [5.41, 5.74) is 0.307. The van der Waals surface area contributed by atoms with E-state index in [-0.39, 0.29) is 35.6 Å². The molecule has 11 heteroatoms. The lowest BCUT2D eigenvalue weighted by Gasteiger charge is -2.09. The third kappa shape index (κ3) is 4.38. The van der Waals surface area contributed by atoms with Crippen molar-refractivity contribution in [2.24, 2.45) is 0 Å². The van der Waals surface area contributed by atoms with Crippen LogP contribution in [0.4, 0.5) is 11.6 Å². The normalized spacial score (nSPS) is 10.6. The third-order valence-corrected chi connectivity index (χ3v) is 3.74. The van der Waals surface area contributed by atoms with E-state index in [0.29, 0.717) is 18.7 Å². The zero-order valence-electron chi connectivity index (χ0n) is 14.6. The number of amides is 1. The van der Waals surface area contributed by atoms with Crippen LogP contribution in [-0.2, 0) is 6.54 Å². The molecule has 0 spiro atoms. The maximum atomic E-state index is 12.3. The molecule has 0 bridgehead atoms. The molecule has 0 aliphatic heterocycles. The topological polar surface area (TPSA) is 166 Å². The second kappa shape index (κ2) is 8.12. The fourth-order valence-corrected chi connectivity index (χ4v) is 2.38. The van der Waals surface area contributed by atoms with Crippen molar-refractivity contribution in [2.45, 2.75) is 13.0 Å². The number of anilines is 2. The summed E-state index contributed by atoms with van der Waals surface area (Å²) in [6.07, 6.45) is 2.82. The molecule has 1 aromatic carbocycles. The summed E-state index contributed by atoms with van der Waals surface area (Å²) in [6.45, 7) is 0.551. The molecular weight excluding hydrogens is 368 g/mol. The standard InChI is InChI=1S/C17H18N6O5/c24-11-4-1-3-10(7-11)21-17-19-8-12(25)13(22-17)14(26)18-5-2-6-23-9-20-15(27)16(23)28/h1,3-4,7-9,24-25,27-28H,2,5-6H2,(H,18,26)(H,19,21,22). The average Bonchev–Trinajstić information content (AvgIpc) is 2.98. The summed E-state index contributed by atoms with van der Waals surface area (Å²) in [5.74, 6) is -1.65. The average molecular weight is 386 g/mol. The Morgan fingerprint density at radius 1 is 1.14 bits per heavy atom. The van der Waals surface area contributed by atoms with Crippen molar-refractivity contribution in [3.8, 4) is 23.3 Å². The highest BCUT2D eigenvalue weighted by Crippen LogP contribution is 2.22. The first-order chi connectivity index (χ1) is 13.4. The molecule has 3 aromatic rings. The molecule has 11 nitrogen and oxygen atoms in total. The van der Waals surface area contributed by atoms with Crippen molar-refractivity contribution in [3.63, 3.8) is 0 Å². The number of phenolic OH excluding ortho intramolecular Hbond substituents is 1. The van der Waals surface area contributed by atoms with E-state index in [0.717, 1.165) is 6.20 Å². The van der Waals surface area contributed by atoms with Gasteiger partial charge in [0.1, 0.15) is 12.1 Å². The fraction of sp³-hybridized carbons (Fsp3) is 0.176. The summed E-state index contributed by atoms with van der Waals surface area (Å²) >= 11 is 0. The van der Waals surface area contributed by atoms with Crippen molar-refractivity contribution in [2.75, 3.05) is 11.9 Å². The number of carbonyl (C=O) groups is 1. The first-order valence-corrected chi connectivity index (χ1v) is 8.27. The Kier molecular flexibility index (Phi) is 5.44. The molecule has 0 unspecified atom stereocenters. The van der Waals surface area contributed by atoms with Gasteiger partial charge in [-0.1, -0.05) is 6.07 Å². The van der Waals surface area contributed by atoms with Crippen LogP contribution in [-0.4, -0.2) is 52.4 Å². The molecule has 1 amide bonds. The van der Waals surface area contributed by atoms with E-state index in [1.165, 1.54) is 23.0 Å². The smallest absolute Gasteiger partial charge is 0.274 e. The van der Waals surface area contributed by atoms with Crippen molar-refractivity contribution in [1.29, 1.82) is 0 Å². The van der Waals surface area contributed by atoms with Gasteiger partial charge in [-0.15, -0.1) is 0 Å². The Morgan fingerprint density at radius 3 is 2.68 bits per heavy atom. The second-order valence-corrected chi connectivity index (χ2v) is 5.80. The predicted octanol–water partition coefficient (Wildman–Crippen LogP) is 1.06. The molecule has 6 N–H and O–H groups in total. The largest absolute Gasteiger partial charge is 0.508 e. The lowest BCUT2D eigenvalue weighted by molar-refractivity contribution is 0.0944. The van der Waals surface area contributed by atoms with Crippen molar-refractivity contribution in [1.82, 2.24) is 24.8 Å². The van der Waals surface area contributed by atoms with Crippen LogP contribution in [0.25, 0.3) is 0 Å². The SMILES string of the molecule is O=C(NCCCn1cnc(O)c1O)c1nc(Nc2cccc(O)c2)ncc1O. The quantitative estimate of drug-likeness (QED) is 0.325. The van der Waals surface area contributed by atoms with Gasteiger partial charge in [-0.25, -0.2) is 9.97 Å². The number of aromatic nitrogens is 4. The molecule has 28 heavy (non-hydrogen) atoms. The summed E-state index contributed by atoms with van der Waals surface area (Å²) in [7, 11) is 0. The summed E-state index contributed by atoms with van der Waals surface area (Å²) < 4.78 is 1.33. The first-order valence-electron chi connectivity index (χ1n) is 8.27. The molecule has 2 aromatic heterocycles. The number of hydrogen-bond acceptors (Lipinski definition) is 9. The van der Waals surface area contributed by atoms with E-state index in [9.17, 15) is 25.2 Å². The van der Waals surface area contributed by atoms with Gasteiger partial charge in [0.05, 0.1) is 6.20 Å². The van der Waals surface area contributed by atoms with Gasteiger partial charge < -0.3 is 31.1 Å². The van der Waals surface area contributed by atoms with Crippen LogP contribution in [0.15, 0.2) is 36.8 Å². The van der Waals surface area contributed by atoms with Crippen LogP contribution >= 0.6 is 0 Å². The molecule has 3 rings (SSSR count). The van der Waals surface area contributed by atoms with Gasteiger partial charge in [0.15, 0.2) is 11.4 Å². The highest BCUT2D eigenvalue weighted by atomic mass is 16.3. The van der Waals surface area contributed by atoms with Crippen molar-refractivity contribution in [3.05, 3.63) is 42.5 Å². The third-order valence-electron chi connectivity index (χ3n) is 3.74. The first kappa shape index (κ1) is 18.8. The minimum absolute atomic E-state index is 0.0546. The minimum atomic E-state index is -0.600. The van der Waals surface area contributed by atoms with Crippen LogP contribution < -0.4 is 10.6 Å². The van der Waals surface area contributed by atoms with E-state index in [1.54, 1.807) is 12.1 Å². The van der Waals surface area contributed by atoms with Gasteiger partial charge in [0.2, 0.25) is 5.95 Å². The molecule has 0 fully saturated rings. The molecule has 0 aliphatic rings. The van der Waals surface area contributed by atoms with E-state index >= 15 is 0 Å². The fourth-order valence-electron chi connectivity index (χ4n) is 2.38. The Hall–Kier alpha value is -4.02. The molecule has 0 saturated heterocycles. The maximum absolute atomic E-state index is 12.3. The highest BCUT2D eigenvalue weighted by molar-refractivity contribution is 5.95. The number of nitrogens with one attached hydrogen (secondary N) is 2. The predicted molar refractivity (Wildman–Crippen MR) is 97.6 cm³/mol. The van der Waals surface area contributed by atoms with Gasteiger partial charge in [-0.2, -0.15) is 4.98 Å². The second-order valence-electron chi connectivity index (χ2n) is 5.80. The Bertz CT molecular complexity index is 990. The summed E-state index contributed by atoms with van der Waals surface area (Å²) in [5, 5.41) is 43.5. The Labute approximate surface area is 159 Å². The van der Waals surface area contributed by atoms with E-state index in [1.807, 2.05) is 0 Å². The molecule has 146 valence electrons. The maximum Gasteiger partial charge on any atom is 0.274 e. The van der Waals surface area contributed by atoms with Crippen molar-refractivity contribution < 1.29 is 25.2 Å². The zero-order valence-corrected chi connectivity index (χ0v) is 14.6. The van der Waals surface area contributed by atoms with Crippen LogP contribution in [0.3, 0.4) is 0 Å². The zero-order chi connectivity index (χ0) is 20.1. The number of rotatable bonds is 7. The highest BCUT2D eigenvalue weighted by Gasteiger charge is 2.15. The number of phenols is 1. The lowest BCUT2D eigenvalue weighted by atomic mass is 10.3. The van der Waals surface area contributed by atoms with Gasteiger partial charge in [-0.3, -0.25) is 9.36 Å². The molecule has 0 aliphatic carbocycles. The summed E-state index contributed by atoms with van der Waals surface area (Å²) in [6, 6.07) is 6.27. The number of hydrogen-bond donors (Lipinski definition) is 6. The number of carbonyl (C=O) groups excluding carboxylic acids is 1. The van der Waals surface area contributed by atoms with Gasteiger partial charge in [0.25, 0.3) is 17.7 Å². The molecular formula is C17H18N6O5. The van der Waals surface area contributed by atoms with Gasteiger partial charge in [0, 0.05) is 24.8 Å². The van der Waals surface area contributed by atoms with Crippen LogP contribution in [0.2, 0.25) is 0 Å². The minimum Gasteiger partial charge on any atom is -0.508 e.